The van der Waals surface area contributed by atoms with Crippen LogP contribution in [0.15, 0.2) is 48.5 Å². The smallest absolute Gasteiger partial charge is 0.340 e. The number of esters is 1. The molecule has 4 heteroatoms. The largest absolute Gasteiger partial charge is 0.494 e. The molecule has 0 radical (unpaired) electrons. The van der Waals surface area contributed by atoms with Gasteiger partial charge in [-0.1, -0.05) is 30.3 Å². The highest BCUT2D eigenvalue weighted by atomic mass is 16.5. The van der Waals surface area contributed by atoms with Gasteiger partial charge in [-0.25, -0.2) is 4.79 Å². The summed E-state index contributed by atoms with van der Waals surface area (Å²) in [5.41, 5.74) is 7.75. The molecule has 2 N–H and O–H groups in total. The van der Waals surface area contributed by atoms with Crippen LogP contribution in [0.5, 0.6) is 5.75 Å². The maximum Gasteiger partial charge on any atom is 0.340 e. The van der Waals surface area contributed by atoms with Crippen LogP contribution in [0, 0.1) is 0 Å². The third-order valence-electron chi connectivity index (χ3n) is 3.15. The summed E-state index contributed by atoms with van der Waals surface area (Å²) in [6, 6.07) is 15.3. The number of methoxy groups -OCH3 is 1. The topological polar surface area (TPSA) is 61.5 Å². The average Bonchev–Trinajstić information content (AvgIpc) is 2.53. The zero-order chi connectivity index (χ0) is 15.1. The van der Waals surface area contributed by atoms with Crippen molar-refractivity contribution in [1.82, 2.24) is 0 Å². The fourth-order valence-electron chi connectivity index (χ4n) is 2.02. The molecule has 0 atom stereocenters. The zero-order valence-corrected chi connectivity index (χ0v) is 12.0. The molecule has 0 aromatic heterocycles. The van der Waals surface area contributed by atoms with Crippen molar-refractivity contribution in [1.29, 1.82) is 0 Å². The first-order chi connectivity index (χ1) is 10.2. The molecule has 0 aliphatic rings. The van der Waals surface area contributed by atoms with E-state index in [-0.39, 0.29) is 0 Å². The van der Waals surface area contributed by atoms with Crippen LogP contribution in [-0.4, -0.2) is 19.7 Å². The van der Waals surface area contributed by atoms with Crippen LogP contribution in [-0.2, 0) is 11.2 Å². The summed E-state index contributed by atoms with van der Waals surface area (Å²) in [6.45, 7) is 0.583. The molecule has 0 aliphatic heterocycles. The third-order valence-corrected chi connectivity index (χ3v) is 3.15. The quantitative estimate of drug-likeness (QED) is 0.503. The lowest BCUT2D eigenvalue weighted by atomic mass is 10.1. The zero-order valence-electron chi connectivity index (χ0n) is 12.0. The number of aryl methyl sites for hydroxylation is 1. The van der Waals surface area contributed by atoms with E-state index in [1.165, 1.54) is 12.7 Å². The minimum absolute atomic E-state index is 0.332. The molecule has 0 aliphatic carbocycles. The molecule has 21 heavy (non-hydrogen) atoms. The van der Waals surface area contributed by atoms with Gasteiger partial charge in [-0.3, -0.25) is 0 Å². The second-order valence-electron chi connectivity index (χ2n) is 4.68. The van der Waals surface area contributed by atoms with E-state index in [0.29, 0.717) is 23.6 Å². The number of nitrogens with two attached hydrogens (primary N) is 1. The van der Waals surface area contributed by atoms with Gasteiger partial charge in [0.1, 0.15) is 5.75 Å². The minimum atomic E-state index is -0.456. The van der Waals surface area contributed by atoms with Crippen LogP contribution in [0.1, 0.15) is 22.3 Å². The first-order valence-corrected chi connectivity index (χ1v) is 6.85. The van der Waals surface area contributed by atoms with Crippen LogP contribution in [0.4, 0.5) is 5.69 Å². The van der Waals surface area contributed by atoms with Gasteiger partial charge in [0.05, 0.1) is 19.3 Å². The molecule has 2 aromatic rings. The SMILES string of the molecule is COC(=O)c1cc(OCCCc2ccccc2)ccc1N. The molecule has 0 unspecified atom stereocenters. The number of nitrogen functional groups attached to an aromatic ring is 1. The normalized spacial score (nSPS) is 10.1. The van der Waals surface area contributed by atoms with E-state index in [4.69, 9.17) is 10.5 Å². The summed E-state index contributed by atoms with van der Waals surface area (Å²) < 4.78 is 10.3. The van der Waals surface area contributed by atoms with E-state index in [1.807, 2.05) is 18.2 Å². The summed E-state index contributed by atoms with van der Waals surface area (Å²) in [6.07, 6.45) is 1.86. The predicted molar refractivity (Wildman–Crippen MR) is 82.5 cm³/mol. The molecule has 0 fully saturated rings. The van der Waals surface area contributed by atoms with Crippen LogP contribution in [0.3, 0.4) is 0 Å². The van der Waals surface area contributed by atoms with Crippen molar-refractivity contribution in [3.63, 3.8) is 0 Å². The Bertz CT molecular complexity index is 596. The number of ether oxygens (including phenoxy) is 2. The summed E-state index contributed by atoms with van der Waals surface area (Å²) >= 11 is 0. The first kappa shape index (κ1) is 14.9. The van der Waals surface area contributed by atoms with Crippen LogP contribution in [0.2, 0.25) is 0 Å². The monoisotopic (exact) mass is 285 g/mol. The summed E-state index contributed by atoms with van der Waals surface area (Å²) in [7, 11) is 1.33. The fourth-order valence-corrected chi connectivity index (χ4v) is 2.02. The standard InChI is InChI=1S/C17H19NO3/c1-20-17(19)15-12-14(9-10-16(15)18)21-11-5-8-13-6-3-2-4-7-13/h2-4,6-7,9-10,12H,5,8,11,18H2,1H3. The van der Waals surface area contributed by atoms with Gasteiger partial charge in [-0.2, -0.15) is 0 Å². The lowest BCUT2D eigenvalue weighted by Gasteiger charge is -2.09. The molecule has 0 bridgehead atoms. The van der Waals surface area contributed by atoms with Crippen molar-refractivity contribution < 1.29 is 14.3 Å². The number of carbonyl (C=O) groups excluding carboxylic acids is 1. The molecule has 2 aromatic carbocycles. The van der Waals surface area contributed by atoms with Gasteiger partial charge in [-0.05, 0) is 36.6 Å². The lowest BCUT2D eigenvalue weighted by molar-refractivity contribution is 0.0601. The van der Waals surface area contributed by atoms with E-state index in [2.05, 4.69) is 16.9 Å². The van der Waals surface area contributed by atoms with Crippen LogP contribution in [0.25, 0.3) is 0 Å². The Labute approximate surface area is 124 Å². The highest BCUT2D eigenvalue weighted by Crippen LogP contribution is 2.20. The van der Waals surface area contributed by atoms with Crippen LogP contribution >= 0.6 is 0 Å². The number of benzene rings is 2. The number of hydrogen-bond acceptors (Lipinski definition) is 4. The Morgan fingerprint density at radius 3 is 2.62 bits per heavy atom. The first-order valence-electron chi connectivity index (χ1n) is 6.85. The molecule has 0 spiro atoms. The van der Waals surface area contributed by atoms with E-state index >= 15 is 0 Å². The fraction of sp³-hybridized carbons (Fsp3) is 0.235. The van der Waals surface area contributed by atoms with Crippen molar-refractivity contribution in [2.24, 2.45) is 0 Å². The van der Waals surface area contributed by atoms with Crippen molar-refractivity contribution in [3.05, 3.63) is 59.7 Å². The van der Waals surface area contributed by atoms with E-state index in [0.717, 1.165) is 12.8 Å². The second kappa shape index (κ2) is 7.33. The van der Waals surface area contributed by atoms with Gasteiger partial charge in [-0.15, -0.1) is 0 Å². The summed E-state index contributed by atoms with van der Waals surface area (Å²) in [5.74, 6) is 0.167. The van der Waals surface area contributed by atoms with Gasteiger partial charge in [0, 0.05) is 5.69 Å². The van der Waals surface area contributed by atoms with Gasteiger partial charge in [0.2, 0.25) is 0 Å². The van der Waals surface area contributed by atoms with Crippen molar-refractivity contribution in [3.8, 4) is 5.75 Å². The van der Waals surface area contributed by atoms with E-state index in [1.54, 1.807) is 18.2 Å². The molecule has 0 saturated carbocycles. The van der Waals surface area contributed by atoms with Gasteiger partial charge < -0.3 is 15.2 Å². The molecule has 0 amide bonds. The minimum Gasteiger partial charge on any atom is -0.494 e. The summed E-state index contributed by atoms with van der Waals surface area (Å²) in [5, 5.41) is 0. The maximum atomic E-state index is 11.5. The molecule has 4 nitrogen and oxygen atoms in total. The van der Waals surface area contributed by atoms with Crippen LogP contribution < -0.4 is 10.5 Å². The van der Waals surface area contributed by atoms with E-state index in [9.17, 15) is 4.79 Å². The Balaban J connectivity index is 1.87. The second-order valence-corrected chi connectivity index (χ2v) is 4.68. The lowest BCUT2D eigenvalue weighted by Crippen LogP contribution is -2.07. The van der Waals surface area contributed by atoms with Gasteiger partial charge in [0.25, 0.3) is 0 Å². The highest BCUT2D eigenvalue weighted by molar-refractivity contribution is 5.95. The van der Waals surface area contributed by atoms with Gasteiger partial charge >= 0.3 is 5.97 Å². The number of carbonyl (C=O) groups is 1. The molecule has 0 heterocycles. The molecule has 2 rings (SSSR count). The van der Waals surface area contributed by atoms with Gasteiger partial charge in [0.15, 0.2) is 0 Å². The Morgan fingerprint density at radius 1 is 1.14 bits per heavy atom. The van der Waals surface area contributed by atoms with Crippen molar-refractivity contribution in [2.75, 3.05) is 19.5 Å². The number of hydrogen-bond donors (Lipinski definition) is 1. The Hall–Kier alpha value is -2.49. The number of rotatable bonds is 6. The van der Waals surface area contributed by atoms with E-state index < -0.39 is 5.97 Å². The number of anilines is 1. The molecule has 110 valence electrons. The maximum absolute atomic E-state index is 11.5. The summed E-state index contributed by atoms with van der Waals surface area (Å²) in [4.78, 5) is 11.5. The van der Waals surface area contributed by atoms with Crippen molar-refractivity contribution in [2.45, 2.75) is 12.8 Å². The molecule has 0 saturated heterocycles. The average molecular weight is 285 g/mol. The molecular formula is C17H19NO3. The molecular weight excluding hydrogens is 266 g/mol. The predicted octanol–water partition coefficient (Wildman–Crippen LogP) is 3.07. The highest BCUT2D eigenvalue weighted by Gasteiger charge is 2.11. The third kappa shape index (κ3) is 4.24. The Kier molecular flexibility index (Phi) is 5.21. The Morgan fingerprint density at radius 2 is 1.90 bits per heavy atom. The van der Waals surface area contributed by atoms with Crippen molar-refractivity contribution >= 4 is 11.7 Å².